The topological polar surface area (TPSA) is 96.6 Å². The van der Waals surface area contributed by atoms with Gasteiger partial charge in [-0.05, 0) is 61.9 Å². The standard InChI is InChI=1S/C25H25F3N6O2S2/c1-33-10-14-7-15(11-33)34(14)13-4-6-18(36-25(26,27)28)17(8-13)31-24-30-9-12-3-5-16-19(20(12)32-24)23(37-2)38-21(16)22(29)35/h4,6,8-9,14-15H,3,5,7,10-11H2,1-2H3,(H2,29,35)(H,30,31,32). The van der Waals surface area contributed by atoms with Crippen LogP contribution in [-0.4, -0.2) is 65.6 Å². The molecule has 2 atom stereocenters. The van der Waals surface area contributed by atoms with Crippen LogP contribution < -0.4 is 20.7 Å². The number of thioether (sulfide) groups is 1. The molecule has 0 spiro atoms. The molecule has 0 radical (unpaired) electrons. The lowest BCUT2D eigenvalue weighted by atomic mass is 9.87. The highest BCUT2D eigenvalue weighted by molar-refractivity contribution is 8.00. The number of hydrogen-bond acceptors (Lipinski definition) is 9. The zero-order valence-electron chi connectivity index (χ0n) is 20.6. The maximum atomic E-state index is 13.2. The number of nitrogens with zero attached hydrogens (tertiary/aromatic N) is 4. The molecule has 4 heterocycles. The van der Waals surface area contributed by atoms with Crippen LogP contribution in [0.25, 0.3) is 11.3 Å². The van der Waals surface area contributed by atoms with Crippen molar-refractivity contribution in [2.24, 2.45) is 5.73 Å². The number of halogens is 3. The van der Waals surface area contributed by atoms with Crippen molar-refractivity contribution in [3.8, 4) is 17.0 Å². The average Bonchev–Trinajstić information content (AvgIpc) is 3.24. The first-order chi connectivity index (χ1) is 18.1. The number of benzene rings is 1. The van der Waals surface area contributed by atoms with Gasteiger partial charge >= 0.3 is 6.36 Å². The molecule has 3 N–H and O–H groups in total. The van der Waals surface area contributed by atoms with Gasteiger partial charge in [0.15, 0.2) is 5.75 Å². The number of ether oxygens (including phenoxy) is 1. The van der Waals surface area contributed by atoms with Gasteiger partial charge in [0.25, 0.3) is 5.91 Å². The third-order valence-corrected chi connectivity index (χ3v) is 9.60. The summed E-state index contributed by atoms with van der Waals surface area (Å²) < 4.78 is 45.0. The number of piperazine rings is 1. The number of likely N-dealkylation sites (N-methyl/N-ethyl adjacent to an activating group) is 1. The molecule has 3 aromatic rings. The first-order valence-electron chi connectivity index (χ1n) is 12.1. The van der Waals surface area contributed by atoms with Crippen LogP contribution >= 0.6 is 23.1 Å². The Morgan fingerprint density at radius 3 is 2.71 bits per heavy atom. The van der Waals surface area contributed by atoms with E-state index in [1.165, 1.54) is 29.2 Å². The fourth-order valence-corrected chi connectivity index (χ4v) is 7.68. The Morgan fingerprint density at radius 1 is 1.26 bits per heavy atom. The summed E-state index contributed by atoms with van der Waals surface area (Å²) in [4.78, 5) is 26.2. The van der Waals surface area contributed by atoms with Gasteiger partial charge in [-0.15, -0.1) is 36.3 Å². The second-order valence-corrected chi connectivity index (χ2v) is 11.8. The number of hydrogen-bond donors (Lipinski definition) is 2. The van der Waals surface area contributed by atoms with Crippen LogP contribution in [0.5, 0.6) is 5.75 Å². The van der Waals surface area contributed by atoms with Crippen LogP contribution in [0, 0.1) is 0 Å². The molecule has 2 fully saturated rings. The van der Waals surface area contributed by atoms with E-state index in [0.29, 0.717) is 35.5 Å². The van der Waals surface area contributed by atoms with Gasteiger partial charge in [0, 0.05) is 42.6 Å². The average molecular weight is 563 g/mol. The Labute approximate surface area is 225 Å². The molecule has 1 aromatic carbocycles. The number of anilines is 3. The summed E-state index contributed by atoms with van der Waals surface area (Å²) >= 11 is 2.84. The smallest absolute Gasteiger partial charge is 0.404 e. The molecule has 1 amide bonds. The Balaban J connectivity index is 1.37. The van der Waals surface area contributed by atoms with Gasteiger partial charge in [-0.25, -0.2) is 9.97 Å². The molecule has 2 aromatic heterocycles. The first-order valence-corrected chi connectivity index (χ1v) is 14.1. The third kappa shape index (κ3) is 4.46. The van der Waals surface area contributed by atoms with Crippen molar-refractivity contribution in [1.82, 2.24) is 14.9 Å². The zero-order valence-corrected chi connectivity index (χ0v) is 22.3. The van der Waals surface area contributed by atoms with Crippen molar-refractivity contribution >= 4 is 46.3 Å². The van der Waals surface area contributed by atoms with E-state index in [1.807, 2.05) is 6.26 Å². The van der Waals surface area contributed by atoms with E-state index in [9.17, 15) is 18.0 Å². The van der Waals surface area contributed by atoms with E-state index in [2.05, 4.69) is 31.9 Å². The van der Waals surface area contributed by atoms with E-state index in [4.69, 9.17) is 10.7 Å². The number of aryl methyl sites for hydroxylation is 1. The number of nitrogens with one attached hydrogen (secondary N) is 1. The fourth-order valence-electron chi connectivity index (χ4n) is 5.74. The Bertz CT molecular complexity index is 1420. The lowest BCUT2D eigenvalue weighted by Crippen LogP contribution is -2.68. The lowest BCUT2D eigenvalue weighted by Gasteiger charge is -2.57. The molecule has 6 rings (SSSR count). The number of thiophene rings is 1. The van der Waals surface area contributed by atoms with E-state index in [0.717, 1.165) is 46.1 Å². The number of rotatable bonds is 6. The van der Waals surface area contributed by atoms with Crippen molar-refractivity contribution in [3.05, 3.63) is 40.4 Å². The second kappa shape index (κ2) is 9.31. The number of amides is 1. The SMILES string of the molecule is CSc1sc(C(N)=O)c2c1-c1nc(Nc3cc(N4C5CC4CN(C)C5)ccc3OC(F)(F)F)ncc1CC2. The molecule has 200 valence electrons. The van der Waals surface area contributed by atoms with Gasteiger partial charge in [-0.2, -0.15) is 0 Å². The third-order valence-electron chi connectivity index (χ3n) is 7.24. The van der Waals surface area contributed by atoms with Crippen molar-refractivity contribution < 1.29 is 22.7 Å². The summed E-state index contributed by atoms with van der Waals surface area (Å²) in [5.41, 5.74) is 9.85. The van der Waals surface area contributed by atoms with E-state index >= 15 is 0 Å². The highest BCUT2D eigenvalue weighted by Crippen LogP contribution is 2.46. The summed E-state index contributed by atoms with van der Waals surface area (Å²) in [7, 11) is 2.07. The number of alkyl halides is 3. The van der Waals surface area contributed by atoms with Gasteiger partial charge in [0.1, 0.15) is 0 Å². The number of aromatic nitrogens is 2. The number of carbonyl (C=O) groups excluding carboxylic acids is 1. The molecule has 38 heavy (non-hydrogen) atoms. The number of fused-ring (bicyclic) bond motifs is 5. The normalized spacial score (nSPS) is 20.4. The van der Waals surface area contributed by atoms with Crippen LogP contribution in [0.1, 0.15) is 27.2 Å². The van der Waals surface area contributed by atoms with Crippen LogP contribution in [0.15, 0.2) is 28.6 Å². The van der Waals surface area contributed by atoms with Crippen molar-refractivity contribution in [2.75, 3.05) is 36.6 Å². The highest BCUT2D eigenvalue weighted by atomic mass is 32.2. The van der Waals surface area contributed by atoms with E-state index in [1.54, 1.807) is 18.3 Å². The van der Waals surface area contributed by atoms with Gasteiger partial charge in [-0.3, -0.25) is 4.79 Å². The summed E-state index contributed by atoms with van der Waals surface area (Å²) in [5, 5.41) is 2.98. The Kier molecular flexibility index (Phi) is 6.19. The largest absolute Gasteiger partial charge is 0.573 e. The monoisotopic (exact) mass is 562 g/mol. The van der Waals surface area contributed by atoms with Crippen LogP contribution in [0.3, 0.4) is 0 Å². The summed E-state index contributed by atoms with van der Waals surface area (Å²) in [5.74, 6) is -0.694. The molecule has 0 saturated carbocycles. The van der Waals surface area contributed by atoms with Crippen molar-refractivity contribution in [2.45, 2.75) is 41.9 Å². The van der Waals surface area contributed by atoms with Crippen LogP contribution in [0.4, 0.5) is 30.5 Å². The fraction of sp³-hybridized carbons (Fsp3) is 0.400. The minimum absolute atomic E-state index is 0.127. The first kappa shape index (κ1) is 25.3. The predicted octanol–water partition coefficient (Wildman–Crippen LogP) is 4.66. The molecule has 13 heteroatoms. The molecule has 2 aliphatic heterocycles. The number of primary amides is 1. The molecule has 2 unspecified atom stereocenters. The molecular formula is C25H25F3N6O2S2. The second-order valence-electron chi connectivity index (χ2n) is 9.73. The maximum Gasteiger partial charge on any atom is 0.573 e. The quantitative estimate of drug-likeness (QED) is 0.419. The zero-order chi connectivity index (χ0) is 26.8. The number of likely N-dealkylation sites (tertiary alicyclic amines) is 1. The predicted molar refractivity (Wildman–Crippen MR) is 142 cm³/mol. The number of nitrogens with two attached hydrogens (primary N) is 1. The Morgan fingerprint density at radius 2 is 2.03 bits per heavy atom. The summed E-state index contributed by atoms with van der Waals surface area (Å²) in [6.45, 7) is 1.81. The Hall–Kier alpha value is -3.03. The van der Waals surface area contributed by atoms with Crippen LogP contribution in [-0.2, 0) is 12.8 Å². The molecule has 2 saturated heterocycles. The number of carbonyl (C=O) groups is 1. The maximum absolute atomic E-state index is 13.2. The van der Waals surface area contributed by atoms with Crippen LogP contribution in [0.2, 0.25) is 0 Å². The summed E-state index contributed by atoms with van der Waals surface area (Å²) in [6.07, 6.45) is 1.10. The van der Waals surface area contributed by atoms with Gasteiger partial charge in [-0.1, -0.05) is 0 Å². The summed E-state index contributed by atoms with van der Waals surface area (Å²) in [6, 6.07) is 5.31. The molecule has 1 aliphatic carbocycles. The minimum Gasteiger partial charge on any atom is -0.404 e. The van der Waals surface area contributed by atoms with Crippen molar-refractivity contribution in [1.29, 1.82) is 0 Å². The molecule has 8 nitrogen and oxygen atoms in total. The van der Waals surface area contributed by atoms with Gasteiger partial charge in [0.2, 0.25) is 5.95 Å². The van der Waals surface area contributed by atoms with E-state index in [-0.39, 0.29) is 17.4 Å². The minimum atomic E-state index is -4.85. The van der Waals surface area contributed by atoms with E-state index < -0.39 is 12.3 Å². The lowest BCUT2D eigenvalue weighted by molar-refractivity contribution is -0.274. The van der Waals surface area contributed by atoms with Gasteiger partial charge in [0.05, 0.1) is 20.5 Å². The molecule has 3 aliphatic rings. The highest BCUT2D eigenvalue weighted by Gasteiger charge is 2.44. The number of piperidine rings is 1. The molecule has 2 bridgehead atoms. The van der Waals surface area contributed by atoms with Gasteiger partial charge < -0.3 is 25.6 Å². The van der Waals surface area contributed by atoms with Crippen molar-refractivity contribution in [3.63, 3.8) is 0 Å². The molecular weight excluding hydrogens is 537 g/mol.